The summed E-state index contributed by atoms with van der Waals surface area (Å²) in [5.41, 5.74) is 1.34. The predicted molar refractivity (Wildman–Crippen MR) is 82.5 cm³/mol. The first-order valence-electron chi connectivity index (χ1n) is 5.84. The van der Waals surface area contributed by atoms with Crippen LogP contribution in [0.2, 0.25) is 15.1 Å². The van der Waals surface area contributed by atoms with Gasteiger partial charge in [-0.05, 0) is 48.9 Å². The van der Waals surface area contributed by atoms with Crippen molar-refractivity contribution in [3.63, 3.8) is 0 Å². The highest BCUT2D eigenvalue weighted by atomic mass is 35.5. The zero-order valence-corrected chi connectivity index (χ0v) is 12.9. The Morgan fingerprint density at radius 3 is 2.45 bits per heavy atom. The standard InChI is InChI=1S/C15H11Cl3O2/c1-9-6-11(16)3-5-15(9)20-8-14(19)10-2-4-12(17)13(18)7-10/h2-7H,8H2,1H3. The second-order valence-electron chi connectivity index (χ2n) is 4.25. The lowest BCUT2D eigenvalue weighted by Crippen LogP contribution is -2.12. The van der Waals surface area contributed by atoms with Crippen LogP contribution < -0.4 is 4.74 Å². The number of rotatable bonds is 4. The van der Waals surface area contributed by atoms with Crippen LogP contribution in [0.25, 0.3) is 0 Å². The van der Waals surface area contributed by atoms with Gasteiger partial charge in [0.25, 0.3) is 0 Å². The zero-order valence-electron chi connectivity index (χ0n) is 10.6. The lowest BCUT2D eigenvalue weighted by Gasteiger charge is -2.09. The van der Waals surface area contributed by atoms with Crippen LogP contribution in [0.4, 0.5) is 0 Å². The molecule has 2 aromatic rings. The number of hydrogen-bond acceptors (Lipinski definition) is 2. The molecule has 5 heteroatoms. The first-order chi connectivity index (χ1) is 9.47. The monoisotopic (exact) mass is 328 g/mol. The first kappa shape index (κ1) is 15.2. The maximum Gasteiger partial charge on any atom is 0.200 e. The van der Waals surface area contributed by atoms with Gasteiger partial charge in [0.15, 0.2) is 12.4 Å². The molecular weight excluding hydrogens is 319 g/mol. The predicted octanol–water partition coefficient (Wildman–Crippen LogP) is 5.22. The number of halogens is 3. The van der Waals surface area contributed by atoms with E-state index in [1.807, 2.05) is 6.92 Å². The molecule has 0 aromatic heterocycles. The molecule has 20 heavy (non-hydrogen) atoms. The van der Waals surface area contributed by atoms with Gasteiger partial charge in [0.05, 0.1) is 10.0 Å². The Morgan fingerprint density at radius 1 is 1.05 bits per heavy atom. The number of ketones is 1. The molecule has 0 aliphatic heterocycles. The van der Waals surface area contributed by atoms with Crippen LogP contribution in [0.3, 0.4) is 0 Å². The number of carbonyl (C=O) groups excluding carboxylic acids is 1. The van der Waals surface area contributed by atoms with Crippen LogP contribution in [0, 0.1) is 6.92 Å². The zero-order chi connectivity index (χ0) is 14.7. The minimum Gasteiger partial charge on any atom is -0.485 e. The van der Waals surface area contributed by atoms with Gasteiger partial charge in [0.2, 0.25) is 0 Å². The molecule has 104 valence electrons. The van der Waals surface area contributed by atoms with Crippen molar-refractivity contribution in [2.45, 2.75) is 6.92 Å². The fourth-order valence-corrected chi connectivity index (χ4v) is 2.20. The maximum absolute atomic E-state index is 12.0. The summed E-state index contributed by atoms with van der Waals surface area (Å²) in [6.45, 7) is 1.80. The maximum atomic E-state index is 12.0. The molecule has 0 saturated carbocycles. The molecule has 0 aliphatic rings. The molecule has 0 aliphatic carbocycles. The average Bonchev–Trinajstić information content (AvgIpc) is 2.40. The van der Waals surface area contributed by atoms with E-state index in [-0.39, 0.29) is 12.4 Å². The molecule has 0 spiro atoms. The molecule has 0 saturated heterocycles. The third kappa shape index (κ3) is 3.66. The summed E-state index contributed by atoms with van der Waals surface area (Å²) in [6, 6.07) is 9.97. The van der Waals surface area contributed by atoms with E-state index in [2.05, 4.69) is 0 Å². The Hall–Kier alpha value is -1.22. The highest BCUT2D eigenvalue weighted by molar-refractivity contribution is 6.42. The summed E-state index contributed by atoms with van der Waals surface area (Å²) in [6.07, 6.45) is 0. The van der Waals surface area contributed by atoms with Gasteiger partial charge in [-0.3, -0.25) is 4.79 Å². The minimum atomic E-state index is -0.169. The number of hydrogen-bond donors (Lipinski definition) is 0. The smallest absolute Gasteiger partial charge is 0.200 e. The van der Waals surface area contributed by atoms with Crippen molar-refractivity contribution in [1.82, 2.24) is 0 Å². The van der Waals surface area contributed by atoms with E-state index < -0.39 is 0 Å². The van der Waals surface area contributed by atoms with Gasteiger partial charge in [0, 0.05) is 10.6 Å². The first-order valence-corrected chi connectivity index (χ1v) is 6.98. The number of Topliss-reactive ketones (excluding diaryl/α,β-unsaturated/α-hetero) is 1. The number of benzene rings is 2. The molecule has 2 aromatic carbocycles. The molecule has 0 heterocycles. The molecule has 0 unspecified atom stereocenters. The van der Waals surface area contributed by atoms with Crippen molar-refractivity contribution in [2.24, 2.45) is 0 Å². The van der Waals surface area contributed by atoms with Crippen molar-refractivity contribution < 1.29 is 9.53 Å². The fraction of sp³-hybridized carbons (Fsp3) is 0.133. The summed E-state index contributed by atoms with van der Waals surface area (Å²) in [7, 11) is 0. The highest BCUT2D eigenvalue weighted by Crippen LogP contribution is 2.24. The van der Waals surface area contributed by atoms with Crippen molar-refractivity contribution in [2.75, 3.05) is 6.61 Å². The number of aryl methyl sites for hydroxylation is 1. The van der Waals surface area contributed by atoms with Gasteiger partial charge >= 0.3 is 0 Å². The molecule has 2 nitrogen and oxygen atoms in total. The van der Waals surface area contributed by atoms with E-state index in [0.717, 1.165) is 5.56 Å². The average molecular weight is 330 g/mol. The van der Waals surface area contributed by atoms with E-state index in [1.54, 1.807) is 30.3 Å². The van der Waals surface area contributed by atoms with Crippen LogP contribution in [0.15, 0.2) is 36.4 Å². The van der Waals surface area contributed by atoms with Crippen LogP contribution in [-0.2, 0) is 0 Å². The highest BCUT2D eigenvalue weighted by Gasteiger charge is 2.10. The lowest BCUT2D eigenvalue weighted by molar-refractivity contribution is 0.0921. The quantitative estimate of drug-likeness (QED) is 0.719. The van der Waals surface area contributed by atoms with Gasteiger partial charge in [-0.25, -0.2) is 0 Å². The van der Waals surface area contributed by atoms with Gasteiger partial charge in [-0.1, -0.05) is 34.8 Å². The van der Waals surface area contributed by atoms with E-state index in [0.29, 0.717) is 26.4 Å². The molecule has 0 bridgehead atoms. The van der Waals surface area contributed by atoms with E-state index >= 15 is 0 Å². The van der Waals surface area contributed by atoms with E-state index in [4.69, 9.17) is 39.5 Å². The van der Waals surface area contributed by atoms with Gasteiger partial charge in [-0.2, -0.15) is 0 Å². The Morgan fingerprint density at radius 2 is 1.80 bits per heavy atom. The van der Waals surface area contributed by atoms with Crippen LogP contribution >= 0.6 is 34.8 Å². The summed E-state index contributed by atoms with van der Waals surface area (Å²) in [5, 5.41) is 1.39. The second kappa shape index (κ2) is 6.49. The Kier molecular flexibility index (Phi) is 4.92. The SMILES string of the molecule is Cc1cc(Cl)ccc1OCC(=O)c1ccc(Cl)c(Cl)c1. The number of carbonyl (C=O) groups is 1. The summed E-state index contributed by atoms with van der Waals surface area (Å²) in [5.74, 6) is 0.459. The molecule has 0 N–H and O–H groups in total. The van der Waals surface area contributed by atoms with Gasteiger partial charge < -0.3 is 4.74 Å². The van der Waals surface area contributed by atoms with Crippen molar-refractivity contribution in [3.05, 3.63) is 62.6 Å². The molecular formula is C15H11Cl3O2. The van der Waals surface area contributed by atoms with Crippen LogP contribution in [0.1, 0.15) is 15.9 Å². The molecule has 0 atom stereocenters. The Balaban J connectivity index is 2.06. The Bertz CT molecular complexity index is 654. The lowest BCUT2D eigenvalue weighted by atomic mass is 10.1. The largest absolute Gasteiger partial charge is 0.485 e. The summed E-state index contributed by atoms with van der Waals surface area (Å²) in [4.78, 5) is 12.0. The van der Waals surface area contributed by atoms with Crippen LogP contribution in [-0.4, -0.2) is 12.4 Å². The second-order valence-corrected chi connectivity index (χ2v) is 5.50. The van der Waals surface area contributed by atoms with Crippen molar-refractivity contribution in [1.29, 1.82) is 0 Å². The summed E-state index contributed by atoms with van der Waals surface area (Å²) >= 11 is 17.5. The van der Waals surface area contributed by atoms with E-state index in [1.165, 1.54) is 6.07 Å². The minimum absolute atomic E-state index is 0.0690. The normalized spacial score (nSPS) is 10.4. The third-order valence-electron chi connectivity index (χ3n) is 2.74. The van der Waals surface area contributed by atoms with Crippen molar-refractivity contribution in [3.8, 4) is 5.75 Å². The molecule has 0 fully saturated rings. The topological polar surface area (TPSA) is 26.3 Å². The molecule has 0 radical (unpaired) electrons. The van der Waals surface area contributed by atoms with Crippen molar-refractivity contribution >= 4 is 40.6 Å². The van der Waals surface area contributed by atoms with Gasteiger partial charge in [0.1, 0.15) is 5.75 Å². The Labute approximate surface area is 132 Å². The number of ether oxygens (including phenoxy) is 1. The van der Waals surface area contributed by atoms with E-state index in [9.17, 15) is 4.79 Å². The van der Waals surface area contributed by atoms with Gasteiger partial charge in [-0.15, -0.1) is 0 Å². The fourth-order valence-electron chi connectivity index (χ4n) is 1.67. The summed E-state index contributed by atoms with van der Waals surface area (Å²) < 4.78 is 5.49. The molecule has 0 amide bonds. The molecule has 2 rings (SSSR count). The third-order valence-corrected chi connectivity index (χ3v) is 3.71. The van der Waals surface area contributed by atoms with Crippen LogP contribution in [0.5, 0.6) is 5.75 Å².